The Labute approximate surface area is 168 Å². The summed E-state index contributed by atoms with van der Waals surface area (Å²) in [7, 11) is 1.64. The van der Waals surface area contributed by atoms with Gasteiger partial charge in [0.05, 0.1) is 13.0 Å². The Morgan fingerprint density at radius 2 is 1.90 bits per heavy atom. The molecule has 0 N–H and O–H groups in total. The quantitative estimate of drug-likeness (QED) is 0.775. The summed E-state index contributed by atoms with van der Waals surface area (Å²) in [6.07, 6.45) is 0.796. The molecule has 0 bridgehead atoms. The molecule has 0 aliphatic carbocycles. The third-order valence-electron chi connectivity index (χ3n) is 5.51. The number of benzene rings is 2. The Morgan fingerprint density at radius 1 is 1.10 bits per heavy atom. The molecule has 0 aromatic heterocycles. The van der Waals surface area contributed by atoms with E-state index < -0.39 is 5.82 Å². The van der Waals surface area contributed by atoms with Gasteiger partial charge < -0.3 is 19.3 Å². The number of hydrogen-bond acceptors (Lipinski definition) is 4. The molecule has 0 saturated carbocycles. The third-order valence-corrected chi connectivity index (χ3v) is 5.51. The number of likely N-dealkylation sites (tertiary alicyclic amines) is 1. The number of rotatable bonds is 5. The van der Waals surface area contributed by atoms with Gasteiger partial charge in [0.15, 0.2) is 18.2 Å². The van der Waals surface area contributed by atoms with Crippen LogP contribution in [-0.4, -0.2) is 55.0 Å². The summed E-state index contributed by atoms with van der Waals surface area (Å²) in [4.78, 5) is 28.4. The van der Waals surface area contributed by atoms with Crippen molar-refractivity contribution in [1.82, 2.24) is 9.80 Å². The van der Waals surface area contributed by atoms with Crippen LogP contribution in [0.1, 0.15) is 11.1 Å². The molecule has 6 nitrogen and oxygen atoms in total. The molecule has 1 saturated heterocycles. The number of para-hydroxylation sites is 1. The summed E-state index contributed by atoms with van der Waals surface area (Å²) in [6, 6.07) is 11.9. The molecular weight excluding hydrogens is 375 g/mol. The van der Waals surface area contributed by atoms with E-state index in [1.807, 2.05) is 23.1 Å². The summed E-state index contributed by atoms with van der Waals surface area (Å²) in [5, 5.41) is 0. The molecule has 0 unspecified atom stereocenters. The van der Waals surface area contributed by atoms with Crippen molar-refractivity contribution < 1.29 is 23.5 Å². The first-order valence-corrected chi connectivity index (χ1v) is 9.65. The molecule has 29 heavy (non-hydrogen) atoms. The van der Waals surface area contributed by atoms with Crippen molar-refractivity contribution in [3.63, 3.8) is 0 Å². The molecule has 2 amide bonds. The van der Waals surface area contributed by atoms with Gasteiger partial charge in [0.2, 0.25) is 5.91 Å². The lowest BCUT2D eigenvalue weighted by molar-refractivity contribution is -0.150. The fourth-order valence-corrected chi connectivity index (χ4v) is 3.73. The maximum Gasteiger partial charge on any atom is 0.260 e. The Morgan fingerprint density at radius 3 is 2.66 bits per heavy atom. The predicted molar refractivity (Wildman–Crippen MR) is 104 cm³/mol. The van der Waals surface area contributed by atoms with Gasteiger partial charge in [-0.05, 0) is 41.8 Å². The molecule has 0 spiro atoms. The van der Waals surface area contributed by atoms with Crippen molar-refractivity contribution in [2.45, 2.75) is 13.0 Å². The van der Waals surface area contributed by atoms with Crippen LogP contribution in [0.2, 0.25) is 0 Å². The number of fused-ring (bicyclic) bond motifs is 1. The first-order valence-electron chi connectivity index (χ1n) is 9.65. The van der Waals surface area contributed by atoms with E-state index in [0.717, 1.165) is 17.7 Å². The van der Waals surface area contributed by atoms with Crippen LogP contribution in [0.4, 0.5) is 4.39 Å². The van der Waals surface area contributed by atoms with E-state index in [2.05, 4.69) is 0 Å². The molecular formula is C22H23FN2O4. The summed E-state index contributed by atoms with van der Waals surface area (Å²) in [5.41, 5.74) is 2.35. The van der Waals surface area contributed by atoms with Crippen molar-refractivity contribution in [1.29, 1.82) is 0 Å². The van der Waals surface area contributed by atoms with Crippen molar-refractivity contribution in [2.24, 2.45) is 5.92 Å². The van der Waals surface area contributed by atoms with Crippen LogP contribution in [0, 0.1) is 11.7 Å². The minimum Gasteiger partial charge on any atom is -0.497 e. The lowest BCUT2D eigenvalue weighted by Crippen LogP contribution is -2.57. The highest BCUT2D eigenvalue weighted by molar-refractivity contribution is 5.85. The summed E-state index contributed by atoms with van der Waals surface area (Å²) >= 11 is 0. The van der Waals surface area contributed by atoms with Crippen LogP contribution in [0.5, 0.6) is 11.5 Å². The molecule has 152 valence electrons. The minimum atomic E-state index is -0.500. The topological polar surface area (TPSA) is 59.1 Å². The van der Waals surface area contributed by atoms with Crippen molar-refractivity contribution in [3.8, 4) is 11.5 Å². The van der Waals surface area contributed by atoms with E-state index in [0.29, 0.717) is 26.2 Å². The minimum absolute atomic E-state index is 0.0533. The number of hydrogen-bond donors (Lipinski definition) is 0. The third kappa shape index (κ3) is 4.04. The molecule has 4 rings (SSSR count). The average Bonchev–Trinajstić information content (AvgIpc) is 2.71. The van der Waals surface area contributed by atoms with Gasteiger partial charge in [-0.25, -0.2) is 4.39 Å². The van der Waals surface area contributed by atoms with Crippen LogP contribution >= 0.6 is 0 Å². The van der Waals surface area contributed by atoms with E-state index >= 15 is 0 Å². The number of carbonyl (C=O) groups is 2. The summed E-state index contributed by atoms with van der Waals surface area (Å²) in [6.45, 7) is 1.77. The standard InChI is InChI=1S/C22H23FN2O4/c1-28-18-7-6-16-11-24(9-8-15(16)10-18)22(27)17-12-25(13-17)21(26)14-29-20-5-3-2-4-19(20)23/h2-7,10,17H,8-9,11-14H2,1H3. The van der Waals surface area contributed by atoms with E-state index in [-0.39, 0.29) is 30.1 Å². The molecule has 7 heteroatoms. The first-order chi connectivity index (χ1) is 14.0. The Hall–Kier alpha value is -3.09. The lowest BCUT2D eigenvalue weighted by atomic mass is 9.94. The van der Waals surface area contributed by atoms with E-state index in [1.54, 1.807) is 24.1 Å². The number of halogens is 1. The Bertz CT molecular complexity index is 927. The average molecular weight is 398 g/mol. The van der Waals surface area contributed by atoms with Crippen LogP contribution in [-0.2, 0) is 22.6 Å². The lowest BCUT2D eigenvalue weighted by Gasteiger charge is -2.41. The second-order valence-corrected chi connectivity index (χ2v) is 7.36. The molecule has 0 radical (unpaired) electrons. The van der Waals surface area contributed by atoms with Crippen molar-refractivity contribution in [3.05, 3.63) is 59.4 Å². The zero-order valence-corrected chi connectivity index (χ0v) is 16.3. The molecule has 1 fully saturated rings. The highest BCUT2D eigenvalue weighted by atomic mass is 19.1. The van der Waals surface area contributed by atoms with E-state index in [9.17, 15) is 14.0 Å². The van der Waals surface area contributed by atoms with Crippen LogP contribution in [0.25, 0.3) is 0 Å². The molecule has 2 heterocycles. The van der Waals surface area contributed by atoms with Crippen LogP contribution < -0.4 is 9.47 Å². The van der Waals surface area contributed by atoms with Gasteiger partial charge in [0.25, 0.3) is 5.91 Å². The second-order valence-electron chi connectivity index (χ2n) is 7.36. The van der Waals surface area contributed by atoms with Crippen molar-refractivity contribution in [2.75, 3.05) is 33.4 Å². The van der Waals surface area contributed by atoms with Gasteiger partial charge in [-0.15, -0.1) is 0 Å². The number of ether oxygens (including phenoxy) is 2. The molecule has 2 aromatic rings. The monoisotopic (exact) mass is 398 g/mol. The van der Waals surface area contributed by atoms with E-state index in [1.165, 1.54) is 17.7 Å². The number of nitrogens with zero attached hydrogens (tertiary/aromatic N) is 2. The SMILES string of the molecule is COc1ccc2c(c1)CCN(C(=O)C1CN(C(=O)COc3ccccc3F)C1)C2. The second kappa shape index (κ2) is 8.11. The van der Waals surface area contributed by atoms with Crippen LogP contribution in [0.15, 0.2) is 42.5 Å². The summed E-state index contributed by atoms with van der Waals surface area (Å²) < 4.78 is 24.1. The fourth-order valence-electron chi connectivity index (χ4n) is 3.73. The van der Waals surface area contributed by atoms with Crippen molar-refractivity contribution >= 4 is 11.8 Å². The number of methoxy groups -OCH3 is 1. The maximum absolute atomic E-state index is 13.6. The summed E-state index contributed by atoms with van der Waals surface area (Å²) in [5.74, 6) is 0.0259. The molecule has 2 aromatic carbocycles. The predicted octanol–water partition coefficient (Wildman–Crippen LogP) is 2.26. The molecule has 2 aliphatic rings. The first kappa shape index (κ1) is 19.2. The smallest absolute Gasteiger partial charge is 0.260 e. The fraction of sp³-hybridized carbons (Fsp3) is 0.364. The van der Waals surface area contributed by atoms with Gasteiger partial charge in [-0.3, -0.25) is 9.59 Å². The Balaban J connectivity index is 1.27. The van der Waals surface area contributed by atoms with Crippen LogP contribution in [0.3, 0.4) is 0 Å². The zero-order valence-electron chi connectivity index (χ0n) is 16.3. The molecule has 2 aliphatic heterocycles. The van der Waals surface area contributed by atoms with Gasteiger partial charge >= 0.3 is 0 Å². The highest BCUT2D eigenvalue weighted by Gasteiger charge is 2.38. The van der Waals surface area contributed by atoms with Gasteiger partial charge in [0.1, 0.15) is 5.75 Å². The zero-order chi connectivity index (χ0) is 20.4. The molecule has 0 atom stereocenters. The Kier molecular flexibility index (Phi) is 5.38. The highest BCUT2D eigenvalue weighted by Crippen LogP contribution is 2.26. The van der Waals surface area contributed by atoms with Gasteiger partial charge in [-0.2, -0.15) is 0 Å². The van der Waals surface area contributed by atoms with E-state index in [4.69, 9.17) is 9.47 Å². The maximum atomic E-state index is 13.6. The largest absolute Gasteiger partial charge is 0.497 e. The van der Waals surface area contributed by atoms with Gasteiger partial charge in [-0.1, -0.05) is 18.2 Å². The number of amides is 2. The normalized spacial score (nSPS) is 16.1. The number of carbonyl (C=O) groups excluding carboxylic acids is 2. The van der Waals surface area contributed by atoms with Gasteiger partial charge in [0, 0.05) is 26.2 Å².